The van der Waals surface area contributed by atoms with Crippen molar-refractivity contribution in [2.24, 2.45) is 0 Å². The highest BCUT2D eigenvalue weighted by atomic mass is 32.1. The lowest BCUT2D eigenvalue weighted by atomic mass is 9.73. The molecule has 3 heterocycles. The summed E-state index contributed by atoms with van der Waals surface area (Å²) in [6.07, 6.45) is 0. The molecule has 0 saturated carbocycles. The van der Waals surface area contributed by atoms with Crippen molar-refractivity contribution in [2.45, 2.75) is 19.3 Å². The van der Waals surface area contributed by atoms with Crippen molar-refractivity contribution in [3.05, 3.63) is 193 Å². The maximum Gasteiger partial charge on any atom is 0.0561 e. The summed E-state index contributed by atoms with van der Waals surface area (Å²) in [6.45, 7) is 4.70. The zero-order chi connectivity index (χ0) is 36.0. The minimum Gasteiger partial charge on any atom is -0.310 e. The van der Waals surface area contributed by atoms with Crippen molar-refractivity contribution in [2.75, 3.05) is 4.90 Å². The lowest BCUT2D eigenvalue weighted by molar-refractivity contribution is 0.632. The fourth-order valence-electron chi connectivity index (χ4n) is 9.05. The molecule has 0 N–H and O–H groups in total. The average Bonchev–Trinajstić information content (AvgIpc) is 3.77. The second-order valence-electron chi connectivity index (χ2n) is 14.9. The molecule has 3 heteroatoms. The molecule has 2 nitrogen and oxygen atoms in total. The van der Waals surface area contributed by atoms with E-state index in [1.807, 2.05) is 11.3 Å². The first-order valence-corrected chi connectivity index (χ1v) is 19.5. The second kappa shape index (κ2) is 11.8. The third-order valence-corrected chi connectivity index (χ3v) is 12.8. The monoisotopic (exact) mass is 708 g/mol. The molecule has 10 aromatic rings. The Bertz CT molecular complexity index is 3000. The van der Waals surface area contributed by atoms with Crippen LogP contribution in [0.1, 0.15) is 25.0 Å². The van der Waals surface area contributed by atoms with Crippen LogP contribution in [-0.2, 0) is 5.41 Å². The lowest BCUT2D eigenvalue weighted by Gasteiger charge is -2.42. The Labute approximate surface area is 318 Å². The molecule has 0 radical (unpaired) electrons. The highest BCUT2D eigenvalue weighted by Crippen LogP contribution is 2.52. The normalized spacial score (nSPS) is 13.5. The molecule has 0 aliphatic carbocycles. The van der Waals surface area contributed by atoms with E-state index >= 15 is 0 Å². The minimum atomic E-state index is -0.128. The van der Waals surface area contributed by atoms with Crippen LogP contribution in [-0.4, -0.2) is 4.57 Å². The van der Waals surface area contributed by atoms with Crippen LogP contribution in [0.4, 0.5) is 17.1 Å². The summed E-state index contributed by atoms with van der Waals surface area (Å²) in [6, 6.07) is 67.2. The van der Waals surface area contributed by atoms with E-state index in [1.165, 1.54) is 86.7 Å². The Morgan fingerprint density at radius 3 is 1.69 bits per heavy atom. The fourth-order valence-corrected chi connectivity index (χ4v) is 10.3. The Balaban J connectivity index is 1.18. The second-order valence-corrected chi connectivity index (χ2v) is 16.0. The van der Waals surface area contributed by atoms with Crippen molar-refractivity contribution < 1.29 is 0 Å². The summed E-state index contributed by atoms with van der Waals surface area (Å²) in [5.41, 5.74) is 14.5. The smallest absolute Gasteiger partial charge is 0.0561 e. The number of hydrogen-bond acceptors (Lipinski definition) is 2. The number of fused-ring (bicyclic) bond motifs is 8. The van der Waals surface area contributed by atoms with Crippen molar-refractivity contribution in [3.8, 4) is 27.9 Å². The van der Waals surface area contributed by atoms with Crippen LogP contribution in [0.3, 0.4) is 0 Å². The number of thiophene rings is 1. The van der Waals surface area contributed by atoms with Gasteiger partial charge in [-0.25, -0.2) is 0 Å². The average molecular weight is 709 g/mol. The van der Waals surface area contributed by atoms with Gasteiger partial charge < -0.3 is 9.47 Å². The van der Waals surface area contributed by atoms with Crippen LogP contribution in [0.5, 0.6) is 0 Å². The quantitative estimate of drug-likeness (QED) is 0.177. The lowest BCUT2D eigenvalue weighted by Crippen LogP contribution is -2.30. The molecule has 8 aromatic carbocycles. The van der Waals surface area contributed by atoms with Crippen molar-refractivity contribution >= 4 is 70.4 Å². The van der Waals surface area contributed by atoms with E-state index in [0.717, 1.165) is 11.4 Å². The number of para-hydroxylation sites is 4. The molecular weight excluding hydrogens is 673 g/mol. The molecule has 0 fully saturated rings. The first-order chi connectivity index (χ1) is 26.6. The molecule has 0 amide bonds. The van der Waals surface area contributed by atoms with Crippen molar-refractivity contribution in [1.29, 1.82) is 0 Å². The van der Waals surface area contributed by atoms with Gasteiger partial charge in [-0.2, -0.15) is 0 Å². The van der Waals surface area contributed by atoms with E-state index in [2.05, 4.69) is 205 Å². The highest BCUT2D eigenvalue weighted by Gasteiger charge is 2.36. The fraction of sp³-hybridized carbons (Fsp3) is 0.0588. The minimum absolute atomic E-state index is 0.128. The van der Waals surface area contributed by atoms with Gasteiger partial charge in [0, 0.05) is 47.6 Å². The molecule has 54 heavy (non-hydrogen) atoms. The third kappa shape index (κ3) is 4.52. The van der Waals surface area contributed by atoms with Crippen LogP contribution in [0.2, 0.25) is 0 Å². The summed E-state index contributed by atoms with van der Waals surface area (Å²) in [7, 11) is 0. The van der Waals surface area contributed by atoms with E-state index in [-0.39, 0.29) is 5.41 Å². The summed E-state index contributed by atoms with van der Waals surface area (Å²) < 4.78 is 5.14. The SMILES string of the molecule is CC1(C)c2ccccc2N(c2ccc(-c3cccc(-c4cccc5c4sc4ccccc45)c3)c(-n3c4ccccc4c4ccccc43)c2)c2ccccc21. The number of anilines is 3. The maximum absolute atomic E-state index is 2.48. The first-order valence-electron chi connectivity index (χ1n) is 18.7. The van der Waals surface area contributed by atoms with Gasteiger partial charge in [-0.05, 0) is 76.3 Å². The highest BCUT2D eigenvalue weighted by molar-refractivity contribution is 7.26. The van der Waals surface area contributed by atoms with E-state index in [0.29, 0.717) is 0 Å². The summed E-state index contributed by atoms with van der Waals surface area (Å²) >= 11 is 1.89. The zero-order valence-corrected chi connectivity index (χ0v) is 30.9. The van der Waals surface area contributed by atoms with Gasteiger partial charge in [0.1, 0.15) is 0 Å². The van der Waals surface area contributed by atoms with Gasteiger partial charge in [-0.15, -0.1) is 11.3 Å². The van der Waals surface area contributed by atoms with Crippen LogP contribution in [0.15, 0.2) is 182 Å². The topological polar surface area (TPSA) is 8.17 Å². The van der Waals surface area contributed by atoms with Gasteiger partial charge in [0.15, 0.2) is 0 Å². The van der Waals surface area contributed by atoms with Crippen LogP contribution in [0, 0.1) is 0 Å². The number of hydrogen-bond donors (Lipinski definition) is 0. The Hall–Kier alpha value is -6.42. The van der Waals surface area contributed by atoms with Crippen LogP contribution < -0.4 is 4.90 Å². The summed E-state index contributed by atoms with van der Waals surface area (Å²) in [5, 5.41) is 5.15. The van der Waals surface area contributed by atoms with E-state index in [1.54, 1.807) is 0 Å². The van der Waals surface area contributed by atoms with Gasteiger partial charge in [0.25, 0.3) is 0 Å². The van der Waals surface area contributed by atoms with Gasteiger partial charge in [-0.3, -0.25) is 0 Å². The number of benzene rings is 8. The number of nitrogens with zero attached hydrogens (tertiary/aromatic N) is 2. The molecule has 0 spiro atoms. The molecular formula is C51H36N2S. The third-order valence-electron chi connectivity index (χ3n) is 11.6. The molecule has 0 unspecified atom stereocenters. The van der Waals surface area contributed by atoms with E-state index in [4.69, 9.17) is 0 Å². The van der Waals surface area contributed by atoms with Gasteiger partial charge in [-0.1, -0.05) is 147 Å². The predicted octanol–water partition coefficient (Wildman–Crippen LogP) is 14.6. The maximum atomic E-state index is 2.48. The first kappa shape index (κ1) is 31.1. The molecule has 1 aliphatic heterocycles. The van der Waals surface area contributed by atoms with E-state index in [9.17, 15) is 0 Å². The predicted molar refractivity (Wildman–Crippen MR) is 231 cm³/mol. The van der Waals surface area contributed by atoms with Gasteiger partial charge in [0.2, 0.25) is 0 Å². The Morgan fingerprint density at radius 2 is 0.981 bits per heavy atom. The molecule has 0 saturated heterocycles. The molecule has 11 rings (SSSR count). The van der Waals surface area contributed by atoms with Crippen LogP contribution >= 0.6 is 11.3 Å². The van der Waals surface area contributed by atoms with E-state index < -0.39 is 0 Å². The van der Waals surface area contributed by atoms with Crippen LogP contribution in [0.25, 0.3) is 69.9 Å². The molecule has 1 aliphatic rings. The van der Waals surface area contributed by atoms with Gasteiger partial charge >= 0.3 is 0 Å². The Kier molecular flexibility index (Phi) is 6.80. The van der Waals surface area contributed by atoms with Gasteiger partial charge in [0.05, 0.1) is 28.1 Å². The zero-order valence-electron chi connectivity index (χ0n) is 30.1. The molecule has 0 atom stereocenters. The number of aromatic nitrogens is 1. The van der Waals surface area contributed by atoms with Crippen molar-refractivity contribution in [1.82, 2.24) is 4.57 Å². The standard InChI is InChI=1S/C51H36N2S/c1-51(2)42-22-6-10-26-46(42)52(47-27-11-7-23-43(47)51)35-29-30-36(48(32-35)53-44-24-8-3-17-38(44)39-18-4-9-25-45(39)53)33-15-13-16-34(31-33)37-20-14-21-41-40-19-5-12-28-49(40)54-50(37)41/h3-32H,1-2H3. The number of rotatable bonds is 4. The van der Waals surface area contributed by atoms with Crippen molar-refractivity contribution in [3.63, 3.8) is 0 Å². The largest absolute Gasteiger partial charge is 0.310 e. The molecule has 0 bridgehead atoms. The molecule has 2 aromatic heterocycles. The summed E-state index contributed by atoms with van der Waals surface area (Å²) in [4.78, 5) is 2.47. The molecule has 256 valence electrons. The Morgan fingerprint density at radius 1 is 0.426 bits per heavy atom. The summed E-state index contributed by atoms with van der Waals surface area (Å²) in [5.74, 6) is 0.